The van der Waals surface area contributed by atoms with E-state index in [1.165, 1.54) is 0 Å². The van der Waals surface area contributed by atoms with Crippen LogP contribution in [-0.4, -0.2) is 66.2 Å². The second kappa shape index (κ2) is 9.80. The second-order valence-electron chi connectivity index (χ2n) is 7.88. The molecule has 160 valence electrons. The van der Waals surface area contributed by atoms with Crippen LogP contribution in [0.15, 0.2) is 48.8 Å². The number of nitrogens with one attached hydrogen (secondary N) is 1. The number of rotatable bonds is 5. The quantitative estimate of drug-likeness (QED) is 0.815. The van der Waals surface area contributed by atoms with Crippen LogP contribution in [0.1, 0.15) is 25.7 Å². The Morgan fingerprint density at radius 3 is 2.40 bits per heavy atom. The van der Waals surface area contributed by atoms with Crippen molar-refractivity contribution in [2.75, 3.05) is 38.6 Å². The Balaban J connectivity index is 1.22. The van der Waals surface area contributed by atoms with Crippen LogP contribution in [0.3, 0.4) is 0 Å². The van der Waals surface area contributed by atoms with Crippen LogP contribution in [-0.2, 0) is 0 Å². The number of ether oxygens (including phenoxy) is 2. The zero-order chi connectivity index (χ0) is 20.8. The molecule has 1 aromatic carbocycles. The van der Waals surface area contributed by atoms with Gasteiger partial charge >= 0.3 is 6.03 Å². The fourth-order valence-electron chi connectivity index (χ4n) is 4.34. The summed E-state index contributed by atoms with van der Waals surface area (Å²) in [6, 6.07) is 11.8. The highest BCUT2D eigenvalue weighted by molar-refractivity contribution is 5.91. The maximum atomic E-state index is 12.7. The topological polar surface area (TPSA) is 66.9 Å². The van der Waals surface area contributed by atoms with Gasteiger partial charge in [0.25, 0.3) is 0 Å². The lowest BCUT2D eigenvalue weighted by molar-refractivity contribution is 0.0545. The molecule has 0 radical (unpaired) electrons. The van der Waals surface area contributed by atoms with Crippen molar-refractivity contribution in [1.29, 1.82) is 0 Å². The lowest BCUT2D eigenvalue weighted by atomic mass is 9.99. The molecular weight excluding hydrogens is 380 g/mol. The first kappa shape index (κ1) is 20.5. The SMILES string of the molecule is COc1ccccc1NC(=O)N1CCC(N2CCC(Oc3ccncc3)CC2)CC1. The van der Waals surface area contributed by atoms with Gasteiger partial charge < -0.3 is 19.7 Å². The van der Waals surface area contributed by atoms with Crippen LogP contribution in [0.2, 0.25) is 0 Å². The minimum absolute atomic E-state index is 0.0533. The molecule has 4 rings (SSSR count). The Kier molecular flexibility index (Phi) is 6.69. The largest absolute Gasteiger partial charge is 0.495 e. The van der Waals surface area contributed by atoms with Gasteiger partial charge in [-0.25, -0.2) is 4.79 Å². The minimum Gasteiger partial charge on any atom is -0.495 e. The molecule has 0 atom stereocenters. The Hall–Kier alpha value is -2.80. The van der Waals surface area contributed by atoms with Gasteiger partial charge in [0.05, 0.1) is 12.8 Å². The van der Waals surface area contributed by atoms with Crippen molar-refractivity contribution in [3.05, 3.63) is 48.8 Å². The Morgan fingerprint density at radius 2 is 1.70 bits per heavy atom. The van der Waals surface area contributed by atoms with E-state index in [9.17, 15) is 4.79 Å². The number of amides is 2. The lowest BCUT2D eigenvalue weighted by Crippen LogP contribution is -2.50. The minimum atomic E-state index is -0.0533. The van der Waals surface area contributed by atoms with Crippen LogP contribution in [0.5, 0.6) is 11.5 Å². The second-order valence-corrected chi connectivity index (χ2v) is 7.88. The molecule has 0 aliphatic carbocycles. The molecule has 3 heterocycles. The maximum absolute atomic E-state index is 12.7. The van der Waals surface area contributed by atoms with Gasteiger partial charge in [0, 0.05) is 44.6 Å². The number of anilines is 1. The number of methoxy groups -OCH3 is 1. The monoisotopic (exact) mass is 410 g/mol. The third-order valence-corrected chi connectivity index (χ3v) is 6.05. The predicted molar refractivity (Wildman–Crippen MR) is 116 cm³/mol. The fraction of sp³-hybridized carbons (Fsp3) is 0.478. The van der Waals surface area contributed by atoms with E-state index in [2.05, 4.69) is 15.2 Å². The van der Waals surface area contributed by atoms with E-state index in [0.717, 1.165) is 57.6 Å². The summed E-state index contributed by atoms with van der Waals surface area (Å²) >= 11 is 0. The van der Waals surface area contributed by atoms with Crippen molar-refractivity contribution in [2.45, 2.75) is 37.8 Å². The number of aromatic nitrogens is 1. The zero-order valence-electron chi connectivity index (χ0n) is 17.5. The molecule has 7 heteroatoms. The summed E-state index contributed by atoms with van der Waals surface area (Å²) in [7, 11) is 1.61. The summed E-state index contributed by atoms with van der Waals surface area (Å²) in [6.45, 7) is 3.65. The van der Waals surface area contributed by atoms with Crippen LogP contribution in [0.25, 0.3) is 0 Å². The van der Waals surface area contributed by atoms with Gasteiger partial charge in [0.1, 0.15) is 17.6 Å². The Labute approximate surface area is 178 Å². The first-order valence-electron chi connectivity index (χ1n) is 10.7. The van der Waals surface area contributed by atoms with Crippen molar-refractivity contribution in [3.63, 3.8) is 0 Å². The fourth-order valence-corrected chi connectivity index (χ4v) is 4.34. The number of piperidine rings is 2. The average molecular weight is 411 g/mol. The molecule has 7 nitrogen and oxygen atoms in total. The van der Waals surface area contributed by atoms with Crippen molar-refractivity contribution in [2.24, 2.45) is 0 Å². The maximum Gasteiger partial charge on any atom is 0.321 e. The molecule has 30 heavy (non-hydrogen) atoms. The molecule has 2 aliphatic rings. The van der Waals surface area contributed by atoms with Gasteiger partial charge in [-0.05, 0) is 49.9 Å². The summed E-state index contributed by atoms with van der Waals surface area (Å²) in [5.41, 5.74) is 0.711. The number of carbonyl (C=O) groups is 1. The van der Waals surface area contributed by atoms with Crippen LogP contribution >= 0.6 is 0 Å². The molecule has 0 saturated carbocycles. The number of carbonyl (C=O) groups excluding carboxylic acids is 1. The molecule has 2 aromatic rings. The Morgan fingerprint density at radius 1 is 1.00 bits per heavy atom. The molecule has 0 unspecified atom stereocenters. The van der Waals surface area contributed by atoms with E-state index < -0.39 is 0 Å². The van der Waals surface area contributed by atoms with Gasteiger partial charge in [-0.15, -0.1) is 0 Å². The van der Waals surface area contributed by atoms with E-state index in [-0.39, 0.29) is 12.1 Å². The summed E-state index contributed by atoms with van der Waals surface area (Å²) in [5, 5.41) is 2.98. The van der Waals surface area contributed by atoms with Crippen molar-refractivity contribution < 1.29 is 14.3 Å². The summed E-state index contributed by atoms with van der Waals surface area (Å²) < 4.78 is 11.4. The lowest BCUT2D eigenvalue weighted by Gasteiger charge is -2.41. The summed E-state index contributed by atoms with van der Waals surface area (Å²) in [6.07, 6.45) is 7.90. The molecule has 1 N–H and O–H groups in total. The van der Waals surface area contributed by atoms with Gasteiger partial charge in [-0.2, -0.15) is 0 Å². The predicted octanol–water partition coefficient (Wildman–Crippen LogP) is 3.63. The highest BCUT2D eigenvalue weighted by atomic mass is 16.5. The number of urea groups is 1. The normalized spacial score (nSPS) is 18.8. The van der Waals surface area contributed by atoms with Gasteiger partial charge in [-0.3, -0.25) is 9.88 Å². The van der Waals surface area contributed by atoms with Crippen LogP contribution in [0, 0.1) is 0 Å². The smallest absolute Gasteiger partial charge is 0.321 e. The van der Waals surface area contributed by atoms with E-state index in [4.69, 9.17) is 9.47 Å². The molecule has 2 fully saturated rings. The number of hydrogen-bond acceptors (Lipinski definition) is 5. The van der Waals surface area contributed by atoms with E-state index in [1.807, 2.05) is 41.3 Å². The standard InChI is InChI=1S/C23H30N4O3/c1-29-22-5-3-2-4-21(22)25-23(28)27-14-8-18(9-15-27)26-16-10-20(11-17-26)30-19-6-12-24-13-7-19/h2-7,12-13,18,20H,8-11,14-17H2,1H3,(H,25,28). The number of pyridine rings is 1. The van der Waals surface area contributed by atoms with Gasteiger partial charge in [0.15, 0.2) is 0 Å². The molecule has 0 bridgehead atoms. The molecule has 2 aliphatic heterocycles. The highest BCUT2D eigenvalue weighted by Gasteiger charge is 2.30. The number of para-hydroxylation sites is 2. The third-order valence-electron chi connectivity index (χ3n) is 6.05. The first-order chi connectivity index (χ1) is 14.7. The van der Waals surface area contributed by atoms with Crippen LogP contribution in [0.4, 0.5) is 10.5 Å². The van der Waals surface area contributed by atoms with Gasteiger partial charge in [0.2, 0.25) is 0 Å². The molecular formula is C23H30N4O3. The third kappa shape index (κ3) is 5.02. The number of likely N-dealkylation sites (tertiary alicyclic amines) is 2. The zero-order valence-corrected chi connectivity index (χ0v) is 17.5. The van der Waals surface area contributed by atoms with Crippen molar-refractivity contribution in [1.82, 2.24) is 14.8 Å². The van der Waals surface area contributed by atoms with Crippen LogP contribution < -0.4 is 14.8 Å². The van der Waals surface area contributed by atoms with Crippen molar-refractivity contribution in [3.8, 4) is 11.5 Å². The highest BCUT2D eigenvalue weighted by Crippen LogP contribution is 2.26. The summed E-state index contributed by atoms with van der Waals surface area (Å²) in [5.74, 6) is 1.58. The molecule has 2 saturated heterocycles. The van der Waals surface area contributed by atoms with E-state index >= 15 is 0 Å². The van der Waals surface area contributed by atoms with E-state index in [1.54, 1.807) is 19.5 Å². The summed E-state index contributed by atoms with van der Waals surface area (Å²) in [4.78, 5) is 21.2. The average Bonchev–Trinajstić information content (AvgIpc) is 2.81. The number of benzene rings is 1. The number of nitrogens with zero attached hydrogens (tertiary/aromatic N) is 3. The first-order valence-corrected chi connectivity index (χ1v) is 10.7. The van der Waals surface area contributed by atoms with Crippen molar-refractivity contribution >= 4 is 11.7 Å². The van der Waals surface area contributed by atoms with Gasteiger partial charge in [-0.1, -0.05) is 12.1 Å². The molecule has 1 aromatic heterocycles. The Bertz CT molecular complexity index is 816. The number of hydrogen-bond donors (Lipinski definition) is 1. The molecule has 0 spiro atoms. The van der Waals surface area contributed by atoms with E-state index in [0.29, 0.717) is 17.5 Å². The molecule has 2 amide bonds.